The van der Waals surface area contributed by atoms with Gasteiger partial charge in [0.2, 0.25) is 5.91 Å². The van der Waals surface area contributed by atoms with E-state index in [2.05, 4.69) is 10.3 Å². The number of carbonyl (C=O) groups excluding carboxylic acids is 2. The molecule has 0 saturated carbocycles. The molecule has 1 aliphatic rings. The molecule has 0 radical (unpaired) electrons. The molecule has 9 heteroatoms. The first-order chi connectivity index (χ1) is 14.5. The zero-order valence-corrected chi connectivity index (χ0v) is 16.9. The Morgan fingerprint density at radius 2 is 1.90 bits per heavy atom. The van der Waals surface area contributed by atoms with Gasteiger partial charge in [0.15, 0.2) is 0 Å². The molecule has 2 amide bonds. The van der Waals surface area contributed by atoms with Crippen molar-refractivity contribution in [1.29, 1.82) is 0 Å². The van der Waals surface area contributed by atoms with Crippen LogP contribution >= 0.6 is 12.2 Å². The number of amides is 2. The summed E-state index contributed by atoms with van der Waals surface area (Å²) in [6.07, 6.45) is 1.73. The van der Waals surface area contributed by atoms with Crippen LogP contribution in [-0.4, -0.2) is 56.5 Å². The van der Waals surface area contributed by atoms with Gasteiger partial charge in [-0.05, 0) is 30.5 Å². The zero-order chi connectivity index (χ0) is 21.5. The summed E-state index contributed by atoms with van der Waals surface area (Å²) in [5.74, 6) is -1.58. The fourth-order valence-electron chi connectivity index (χ4n) is 3.25. The quantitative estimate of drug-likeness (QED) is 0.359. The van der Waals surface area contributed by atoms with E-state index >= 15 is 0 Å². The van der Waals surface area contributed by atoms with Crippen LogP contribution in [0, 0.1) is 0 Å². The van der Waals surface area contributed by atoms with Crippen LogP contribution in [0.25, 0.3) is 0 Å². The average Bonchev–Trinajstić information content (AvgIpc) is 2.77. The van der Waals surface area contributed by atoms with Gasteiger partial charge in [0.1, 0.15) is 19.2 Å². The number of β-lactam (4-membered cyclic amide) rings is 1. The van der Waals surface area contributed by atoms with Gasteiger partial charge in [0.25, 0.3) is 0 Å². The van der Waals surface area contributed by atoms with Gasteiger partial charge in [-0.3, -0.25) is 14.6 Å². The number of thiocarbonyl (C=S) groups is 1. The molecular formula is C21H21N3O5S. The second kappa shape index (κ2) is 9.93. The van der Waals surface area contributed by atoms with E-state index in [1.807, 2.05) is 36.4 Å². The molecule has 2 heterocycles. The number of ether oxygens (including phenoxy) is 1. The monoisotopic (exact) mass is 427 g/mol. The van der Waals surface area contributed by atoms with Crippen molar-refractivity contribution >= 4 is 35.1 Å². The first-order valence-electron chi connectivity index (χ1n) is 9.39. The summed E-state index contributed by atoms with van der Waals surface area (Å²) >= 11 is 5.39. The van der Waals surface area contributed by atoms with Crippen LogP contribution in [0.5, 0.6) is 0 Å². The minimum absolute atomic E-state index is 0.0703. The molecule has 2 unspecified atom stereocenters. The number of aromatic nitrogens is 1. The van der Waals surface area contributed by atoms with Crippen molar-refractivity contribution in [3.8, 4) is 0 Å². The Morgan fingerprint density at radius 3 is 2.57 bits per heavy atom. The summed E-state index contributed by atoms with van der Waals surface area (Å²) in [6.45, 7) is -0.363. The van der Waals surface area contributed by atoms with Crippen LogP contribution in [0.4, 0.5) is 4.79 Å². The molecule has 30 heavy (non-hydrogen) atoms. The van der Waals surface area contributed by atoms with E-state index in [-0.39, 0.29) is 6.61 Å². The summed E-state index contributed by atoms with van der Waals surface area (Å²) in [4.78, 5) is 41.7. The van der Waals surface area contributed by atoms with Crippen LogP contribution in [0.1, 0.15) is 24.1 Å². The molecular weight excluding hydrogens is 406 g/mol. The third-order valence-electron chi connectivity index (χ3n) is 4.74. The minimum Gasteiger partial charge on any atom is -0.480 e. The Labute approximate surface area is 178 Å². The van der Waals surface area contributed by atoms with E-state index in [0.717, 1.165) is 5.56 Å². The van der Waals surface area contributed by atoms with Gasteiger partial charge < -0.3 is 20.1 Å². The van der Waals surface area contributed by atoms with E-state index in [1.54, 1.807) is 18.3 Å². The topological polar surface area (TPSA) is 109 Å². The Balaban J connectivity index is 1.58. The molecule has 8 nitrogen and oxygen atoms in total. The number of hydrogen-bond acceptors (Lipinski definition) is 6. The highest BCUT2D eigenvalue weighted by atomic mass is 32.1. The van der Waals surface area contributed by atoms with Crippen molar-refractivity contribution < 1.29 is 24.2 Å². The fourth-order valence-corrected chi connectivity index (χ4v) is 3.49. The third-order valence-corrected chi connectivity index (χ3v) is 5.16. The van der Waals surface area contributed by atoms with E-state index < -0.39 is 36.6 Å². The smallest absolute Gasteiger partial charge is 0.408 e. The van der Waals surface area contributed by atoms with Crippen LogP contribution in [-0.2, 0) is 20.9 Å². The van der Waals surface area contributed by atoms with Crippen molar-refractivity contribution in [2.75, 3.05) is 6.54 Å². The molecule has 3 rings (SSSR count). The SMILES string of the molecule is O=C(O)CN1C(=O)C(NC(=O)OCc2ccccc2)C1CCC(=S)c1ccccn1. The lowest BCUT2D eigenvalue weighted by Crippen LogP contribution is -2.71. The van der Waals surface area contributed by atoms with Gasteiger partial charge in [-0.2, -0.15) is 0 Å². The molecule has 0 spiro atoms. The number of pyridine rings is 1. The predicted octanol–water partition coefficient (Wildman–Crippen LogP) is 2.17. The summed E-state index contributed by atoms with van der Waals surface area (Å²) < 4.78 is 5.17. The fraction of sp³-hybridized carbons (Fsp3) is 0.286. The highest BCUT2D eigenvalue weighted by molar-refractivity contribution is 7.80. The Kier molecular flexibility index (Phi) is 7.08. The van der Waals surface area contributed by atoms with Gasteiger partial charge in [-0.25, -0.2) is 4.79 Å². The Hall–Kier alpha value is -3.33. The van der Waals surface area contributed by atoms with Crippen LogP contribution < -0.4 is 5.32 Å². The number of aliphatic carboxylic acids is 1. The number of carbonyl (C=O) groups is 3. The summed E-state index contributed by atoms with van der Waals surface area (Å²) in [7, 11) is 0. The Bertz CT molecular complexity index is 923. The molecule has 1 aromatic carbocycles. The average molecular weight is 427 g/mol. The van der Waals surface area contributed by atoms with E-state index in [9.17, 15) is 14.4 Å². The van der Waals surface area contributed by atoms with Gasteiger partial charge in [-0.15, -0.1) is 0 Å². The van der Waals surface area contributed by atoms with Crippen LogP contribution in [0.3, 0.4) is 0 Å². The van der Waals surface area contributed by atoms with Gasteiger partial charge >= 0.3 is 12.1 Å². The van der Waals surface area contributed by atoms with E-state index in [4.69, 9.17) is 22.1 Å². The van der Waals surface area contributed by atoms with Crippen molar-refractivity contribution in [1.82, 2.24) is 15.2 Å². The predicted molar refractivity (Wildman–Crippen MR) is 112 cm³/mol. The highest BCUT2D eigenvalue weighted by Crippen LogP contribution is 2.25. The van der Waals surface area contributed by atoms with Crippen molar-refractivity contribution in [3.63, 3.8) is 0 Å². The molecule has 2 aromatic rings. The largest absolute Gasteiger partial charge is 0.480 e. The standard InChI is InChI=1S/C21H21N3O5S/c25-18(26)12-24-16(9-10-17(30)15-8-4-5-11-22-15)19(20(24)27)23-21(28)29-13-14-6-2-1-3-7-14/h1-8,11,16,19H,9-10,12-13H2,(H,23,28)(H,25,26). The van der Waals surface area contributed by atoms with Crippen molar-refractivity contribution in [3.05, 3.63) is 66.0 Å². The minimum atomic E-state index is -1.12. The molecule has 1 aromatic heterocycles. The Morgan fingerprint density at radius 1 is 1.17 bits per heavy atom. The molecule has 0 bridgehead atoms. The lowest BCUT2D eigenvalue weighted by atomic mass is 9.90. The van der Waals surface area contributed by atoms with Gasteiger partial charge in [0.05, 0.1) is 11.7 Å². The second-order valence-corrected chi connectivity index (χ2v) is 7.28. The number of hydrogen-bond donors (Lipinski definition) is 2. The number of carboxylic acid groups (broad SMARTS) is 1. The maximum Gasteiger partial charge on any atom is 0.408 e. The number of nitrogens with one attached hydrogen (secondary N) is 1. The molecule has 1 aliphatic heterocycles. The first kappa shape index (κ1) is 21.4. The normalized spacial score (nSPS) is 17.7. The van der Waals surface area contributed by atoms with Gasteiger partial charge in [-0.1, -0.05) is 48.6 Å². The number of carboxylic acids is 1. The second-order valence-electron chi connectivity index (χ2n) is 6.79. The summed E-state index contributed by atoms with van der Waals surface area (Å²) in [5.41, 5.74) is 1.48. The summed E-state index contributed by atoms with van der Waals surface area (Å²) in [5, 5.41) is 11.6. The summed E-state index contributed by atoms with van der Waals surface area (Å²) in [6, 6.07) is 13.2. The van der Waals surface area contributed by atoms with Crippen LogP contribution in [0.15, 0.2) is 54.7 Å². The number of rotatable bonds is 9. The molecule has 0 aliphatic carbocycles. The molecule has 2 N–H and O–H groups in total. The molecule has 156 valence electrons. The maximum atomic E-state index is 12.4. The molecule has 2 atom stereocenters. The third kappa shape index (κ3) is 5.38. The number of benzene rings is 1. The van der Waals surface area contributed by atoms with E-state index in [0.29, 0.717) is 23.4 Å². The van der Waals surface area contributed by atoms with E-state index in [1.165, 1.54) is 4.90 Å². The lowest BCUT2D eigenvalue weighted by Gasteiger charge is -2.46. The first-order valence-corrected chi connectivity index (χ1v) is 9.80. The number of nitrogens with zero attached hydrogens (tertiary/aromatic N) is 2. The van der Waals surface area contributed by atoms with Crippen LogP contribution in [0.2, 0.25) is 0 Å². The molecule has 1 saturated heterocycles. The highest BCUT2D eigenvalue weighted by Gasteiger charge is 2.48. The maximum absolute atomic E-state index is 12.4. The van der Waals surface area contributed by atoms with Crippen molar-refractivity contribution in [2.45, 2.75) is 31.5 Å². The zero-order valence-electron chi connectivity index (χ0n) is 16.1. The van der Waals surface area contributed by atoms with Crippen molar-refractivity contribution in [2.24, 2.45) is 0 Å². The number of likely N-dealkylation sites (tertiary alicyclic amines) is 1. The number of alkyl carbamates (subject to hydrolysis) is 1. The lowest BCUT2D eigenvalue weighted by molar-refractivity contribution is -0.158. The van der Waals surface area contributed by atoms with Gasteiger partial charge in [0, 0.05) is 11.1 Å². The molecule has 1 fully saturated rings.